The van der Waals surface area contributed by atoms with E-state index in [9.17, 15) is 14.7 Å². The predicted molar refractivity (Wildman–Crippen MR) is 75.3 cm³/mol. The standard InChI is InChI=1S/C15H25NO3/c1-5-11(6-2)9-15(4)8-7-12(14(18)19)13(15)16-10(3)17/h11-12H,5-9H2,1-4H3,(H,18,19)/t12-,15?/m0/s1. The predicted octanol–water partition coefficient (Wildman–Crippen LogP) is 3.30. The minimum Gasteiger partial charge on any atom is -0.481 e. The van der Waals surface area contributed by atoms with Crippen LogP contribution in [0.25, 0.3) is 0 Å². The molecule has 0 radical (unpaired) electrons. The summed E-state index contributed by atoms with van der Waals surface area (Å²) in [7, 11) is 0. The van der Waals surface area contributed by atoms with Gasteiger partial charge < -0.3 is 5.11 Å². The normalized spacial score (nSPS) is 29.1. The summed E-state index contributed by atoms with van der Waals surface area (Å²) in [5.41, 5.74) is 0.366. The lowest BCUT2D eigenvalue weighted by atomic mass is 9.76. The maximum absolute atomic E-state index is 11.3. The second-order valence-corrected chi connectivity index (χ2v) is 5.89. The number of rotatable bonds is 5. The molecule has 0 aliphatic heterocycles. The highest BCUT2D eigenvalue weighted by Gasteiger charge is 2.45. The van der Waals surface area contributed by atoms with Gasteiger partial charge in [-0.3, -0.25) is 9.59 Å². The molecule has 2 atom stereocenters. The lowest BCUT2D eigenvalue weighted by Crippen LogP contribution is -2.32. The molecule has 1 rings (SSSR count). The van der Waals surface area contributed by atoms with Crippen molar-refractivity contribution in [1.29, 1.82) is 0 Å². The summed E-state index contributed by atoms with van der Waals surface area (Å²) in [6.07, 6.45) is 4.49. The molecule has 1 aliphatic rings. The first-order valence-corrected chi connectivity index (χ1v) is 7.16. The number of nitrogens with zero attached hydrogens (tertiary/aromatic N) is 1. The molecule has 1 N–H and O–H groups in total. The molecule has 0 aromatic carbocycles. The van der Waals surface area contributed by atoms with E-state index in [0.717, 1.165) is 25.7 Å². The highest BCUT2D eigenvalue weighted by atomic mass is 16.4. The van der Waals surface area contributed by atoms with Crippen LogP contribution in [-0.4, -0.2) is 22.7 Å². The number of carbonyl (C=O) groups excluding carboxylic acids is 1. The highest BCUT2D eigenvalue weighted by molar-refractivity contribution is 6.09. The monoisotopic (exact) mass is 267 g/mol. The summed E-state index contributed by atoms with van der Waals surface area (Å²) in [5, 5.41) is 9.29. The molecule has 1 aliphatic carbocycles. The van der Waals surface area contributed by atoms with Crippen LogP contribution in [0.4, 0.5) is 0 Å². The van der Waals surface area contributed by atoms with Crippen molar-refractivity contribution in [3.8, 4) is 0 Å². The van der Waals surface area contributed by atoms with Crippen molar-refractivity contribution < 1.29 is 14.7 Å². The van der Waals surface area contributed by atoms with E-state index in [2.05, 4.69) is 25.8 Å². The van der Waals surface area contributed by atoms with Gasteiger partial charge in [0.15, 0.2) is 0 Å². The van der Waals surface area contributed by atoms with Crippen LogP contribution in [0.3, 0.4) is 0 Å². The van der Waals surface area contributed by atoms with Gasteiger partial charge in [-0.15, -0.1) is 0 Å². The van der Waals surface area contributed by atoms with Crippen molar-refractivity contribution in [3.63, 3.8) is 0 Å². The molecule has 0 spiro atoms. The molecule has 0 heterocycles. The molecule has 4 heteroatoms. The maximum atomic E-state index is 11.3. The third-order valence-corrected chi connectivity index (χ3v) is 4.40. The highest BCUT2D eigenvalue weighted by Crippen LogP contribution is 2.45. The largest absolute Gasteiger partial charge is 0.481 e. The third-order valence-electron chi connectivity index (χ3n) is 4.40. The first-order chi connectivity index (χ1) is 8.84. The summed E-state index contributed by atoms with van der Waals surface area (Å²) in [5.74, 6) is -1.16. The molecule has 0 saturated heterocycles. The Morgan fingerprint density at radius 1 is 1.42 bits per heavy atom. The summed E-state index contributed by atoms with van der Waals surface area (Å²) in [6, 6.07) is 0. The Labute approximate surface area is 115 Å². The van der Waals surface area contributed by atoms with Crippen LogP contribution in [-0.2, 0) is 9.59 Å². The van der Waals surface area contributed by atoms with Crippen LogP contribution in [0.1, 0.15) is 59.8 Å². The van der Waals surface area contributed by atoms with Gasteiger partial charge in [0, 0.05) is 18.1 Å². The molecular weight excluding hydrogens is 242 g/mol. The van der Waals surface area contributed by atoms with E-state index in [1.165, 1.54) is 6.92 Å². The van der Waals surface area contributed by atoms with Crippen molar-refractivity contribution in [2.45, 2.75) is 59.8 Å². The molecule has 0 bridgehead atoms. The van der Waals surface area contributed by atoms with Crippen molar-refractivity contribution in [2.75, 3.05) is 0 Å². The molecule has 4 nitrogen and oxygen atoms in total. The Bertz CT molecular complexity index is 385. The van der Waals surface area contributed by atoms with Crippen LogP contribution in [0, 0.1) is 17.3 Å². The number of amides is 1. The first kappa shape index (κ1) is 15.9. The number of carboxylic acids is 1. The number of carbonyl (C=O) groups is 2. The fourth-order valence-electron chi connectivity index (χ4n) is 3.19. The SMILES string of the molecule is CCC(CC)CC1(C)CC[C@H](C(=O)O)C1=NC(C)=O. The molecular formula is C15H25NO3. The zero-order valence-electron chi connectivity index (χ0n) is 12.4. The fraction of sp³-hybridized carbons (Fsp3) is 0.800. The number of hydrogen-bond donors (Lipinski definition) is 1. The molecule has 19 heavy (non-hydrogen) atoms. The van der Waals surface area contributed by atoms with Crippen LogP contribution in [0.2, 0.25) is 0 Å². The van der Waals surface area contributed by atoms with E-state index in [4.69, 9.17) is 0 Å². The fourth-order valence-corrected chi connectivity index (χ4v) is 3.19. The van der Waals surface area contributed by atoms with E-state index < -0.39 is 11.9 Å². The van der Waals surface area contributed by atoms with E-state index in [-0.39, 0.29) is 11.3 Å². The summed E-state index contributed by atoms with van der Waals surface area (Å²) in [4.78, 5) is 26.7. The zero-order chi connectivity index (χ0) is 14.6. The summed E-state index contributed by atoms with van der Waals surface area (Å²) < 4.78 is 0. The minimum absolute atomic E-state index is 0.231. The smallest absolute Gasteiger partial charge is 0.312 e. The molecule has 1 saturated carbocycles. The van der Waals surface area contributed by atoms with Gasteiger partial charge in [0.2, 0.25) is 5.91 Å². The quantitative estimate of drug-likeness (QED) is 0.831. The number of hydrogen-bond acceptors (Lipinski definition) is 2. The van der Waals surface area contributed by atoms with E-state index >= 15 is 0 Å². The van der Waals surface area contributed by atoms with Gasteiger partial charge in [-0.2, -0.15) is 0 Å². The van der Waals surface area contributed by atoms with Crippen molar-refractivity contribution in [2.24, 2.45) is 22.2 Å². The molecule has 0 aromatic heterocycles. The number of carboxylic acid groups (broad SMARTS) is 1. The van der Waals surface area contributed by atoms with E-state index in [1.54, 1.807) is 0 Å². The summed E-state index contributed by atoms with van der Waals surface area (Å²) >= 11 is 0. The Kier molecular flexibility index (Phi) is 5.27. The van der Waals surface area contributed by atoms with Crippen LogP contribution in [0.5, 0.6) is 0 Å². The Morgan fingerprint density at radius 3 is 2.42 bits per heavy atom. The average molecular weight is 267 g/mol. The Balaban J connectivity index is 3.04. The van der Waals surface area contributed by atoms with Gasteiger partial charge in [-0.1, -0.05) is 33.6 Å². The molecule has 1 unspecified atom stereocenters. The second kappa shape index (κ2) is 6.31. The minimum atomic E-state index is -0.853. The van der Waals surface area contributed by atoms with Gasteiger partial charge in [-0.25, -0.2) is 4.99 Å². The van der Waals surface area contributed by atoms with Crippen LogP contribution in [0.15, 0.2) is 4.99 Å². The van der Waals surface area contributed by atoms with Gasteiger partial charge in [-0.05, 0) is 25.2 Å². The van der Waals surface area contributed by atoms with Gasteiger partial charge in [0.1, 0.15) is 0 Å². The first-order valence-electron chi connectivity index (χ1n) is 7.16. The maximum Gasteiger partial charge on any atom is 0.312 e. The molecule has 1 amide bonds. The van der Waals surface area contributed by atoms with Gasteiger partial charge in [0.25, 0.3) is 0 Å². The Hall–Kier alpha value is -1.19. The summed E-state index contributed by atoms with van der Waals surface area (Å²) in [6.45, 7) is 7.77. The number of aliphatic imine (C=N–C) groups is 1. The van der Waals surface area contributed by atoms with Crippen molar-refractivity contribution in [3.05, 3.63) is 0 Å². The molecule has 1 fully saturated rings. The lowest BCUT2D eigenvalue weighted by Gasteiger charge is -2.29. The van der Waals surface area contributed by atoms with Gasteiger partial charge >= 0.3 is 5.97 Å². The zero-order valence-corrected chi connectivity index (χ0v) is 12.4. The van der Waals surface area contributed by atoms with E-state index in [1.807, 2.05) is 0 Å². The number of aliphatic carboxylic acids is 1. The van der Waals surface area contributed by atoms with Crippen molar-refractivity contribution >= 4 is 17.6 Å². The van der Waals surface area contributed by atoms with Gasteiger partial charge in [0.05, 0.1) is 5.92 Å². The lowest BCUT2D eigenvalue weighted by molar-refractivity contribution is -0.139. The Morgan fingerprint density at radius 2 is 2.00 bits per heavy atom. The average Bonchev–Trinajstić information content (AvgIpc) is 2.64. The molecule has 0 aromatic rings. The van der Waals surface area contributed by atoms with Crippen LogP contribution < -0.4 is 0 Å². The van der Waals surface area contributed by atoms with Crippen molar-refractivity contribution in [1.82, 2.24) is 0 Å². The topological polar surface area (TPSA) is 66.7 Å². The van der Waals surface area contributed by atoms with Crippen LogP contribution >= 0.6 is 0 Å². The molecule has 108 valence electrons. The van der Waals surface area contributed by atoms with E-state index in [0.29, 0.717) is 18.1 Å². The second-order valence-electron chi connectivity index (χ2n) is 5.89. The third kappa shape index (κ3) is 3.64.